The highest BCUT2D eigenvalue weighted by Gasteiger charge is 2.32. The Balaban J connectivity index is 2.55. The molecule has 0 fully saturated rings. The van der Waals surface area contributed by atoms with E-state index in [0.717, 1.165) is 6.07 Å². The van der Waals surface area contributed by atoms with Crippen molar-refractivity contribution >= 4 is 0 Å². The van der Waals surface area contributed by atoms with Crippen LogP contribution in [0.15, 0.2) is 41.3 Å². The van der Waals surface area contributed by atoms with Gasteiger partial charge >= 0.3 is 6.36 Å². The van der Waals surface area contributed by atoms with Gasteiger partial charge in [-0.2, -0.15) is 0 Å². The van der Waals surface area contributed by atoms with Crippen LogP contribution in [0.1, 0.15) is 5.56 Å². The van der Waals surface area contributed by atoms with E-state index in [1.165, 1.54) is 30.5 Å². The van der Waals surface area contributed by atoms with Crippen LogP contribution in [0.5, 0.6) is 5.75 Å². The third kappa shape index (κ3) is 3.18. The van der Waals surface area contributed by atoms with Gasteiger partial charge < -0.3 is 14.8 Å². The highest BCUT2D eigenvalue weighted by atomic mass is 19.4. The molecule has 4 nitrogen and oxygen atoms in total. The van der Waals surface area contributed by atoms with Crippen LogP contribution in [0.3, 0.4) is 0 Å². The van der Waals surface area contributed by atoms with E-state index in [1.54, 1.807) is 0 Å². The fourth-order valence-corrected chi connectivity index (χ4v) is 1.72. The molecule has 0 aliphatic heterocycles. The largest absolute Gasteiger partial charge is 0.573 e. The molecule has 1 aromatic heterocycles. The number of aliphatic hydroxyl groups excluding tert-OH is 1. The van der Waals surface area contributed by atoms with Gasteiger partial charge in [0.15, 0.2) is 0 Å². The highest BCUT2D eigenvalue weighted by Crippen LogP contribution is 2.32. The smallest absolute Gasteiger partial charge is 0.405 e. The molecule has 0 bridgehead atoms. The van der Waals surface area contributed by atoms with Gasteiger partial charge in [-0.1, -0.05) is 18.2 Å². The molecule has 0 atom stereocenters. The first-order valence-corrected chi connectivity index (χ1v) is 5.58. The van der Waals surface area contributed by atoms with E-state index in [9.17, 15) is 18.0 Å². The standard InChI is InChI=1S/C13H10F3NO3/c14-13(15,16)20-11-4-2-1-3-9(11)10-5-8(7-18)6-17-12(10)19/h1-6,18H,7H2,(H,17,19). The summed E-state index contributed by atoms with van der Waals surface area (Å²) >= 11 is 0. The molecule has 0 unspecified atom stereocenters. The van der Waals surface area contributed by atoms with E-state index in [4.69, 9.17) is 5.11 Å². The molecule has 2 rings (SSSR count). The number of hydrogen-bond donors (Lipinski definition) is 2. The number of benzene rings is 1. The predicted molar refractivity (Wildman–Crippen MR) is 65.1 cm³/mol. The maximum absolute atomic E-state index is 12.3. The number of nitrogens with one attached hydrogen (secondary N) is 1. The van der Waals surface area contributed by atoms with E-state index in [-0.39, 0.29) is 17.7 Å². The molecular weight excluding hydrogens is 275 g/mol. The van der Waals surface area contributed by atoms with Crippen LogP contribution in [-0.4, -0.2) is 16.5 Å². The molecule has 1 aromatic carbocycles. The predicted octanol–water partition coefficient (Wildman–Crippen LogP) is 2.43. The Hall–Kier alpha value is -2.28. The normalized spacial score (nSPS) is 11.4. The lowest BCUT2D eigenvalue weighted by atomic mass is 10.0. The Morgan fingerprint density at radius 2 is 1.90 bits per heavy atom. The van der Waals surface area contributed by atoms with Gasteiger partial charge in [-0.25, -0.2) is 0 Å². The number of aliphatic hydroxyl groups is 1. The molecule has 0 saturated heterocycles. The van der Waals surface area contributed by atoms with Gasteiger partial charge in [0.2, 0.25) is 0 Å². The van der Waals surface area contributed by atoms with Gasteiger partial charge in [-0.15, -0.1) is 13.2 Å². The molecule has 0 spiro atoms. The summed E-state index contributed by atoms with van der Waals surface area (Å²) < 4.78 is 40.9. The molecule has 0 amide bonds. The Bertz CT molecular complexity index is 664. The summed E-state index contributed by atoms with van der Waals surface area (Å²) in [6, 6.07) is 6.64. The second-order valence-corrected chi connectivity index (χ2v) is 3.95. The van der Waals surface area contributed by atoms with Crippen LogP contribution in [0, 0.1) is 0 Å². The minimum Gasteiger partial charge on any atom is -0.405 e. The van der Waals surface area contributed by atoms with Gasteiger partial charge in [-0.3, -0.25) is 4.79 Å². The quantitative estimate of drug-likeness (QED) is 0.910. The topological polar surface area (TPSA) is 62.3 Å². The summed E-state index contributed by atoms with van der Waals surface area (Å²) in [6.07, 6.45) is -3.56. The number of alkyl halides is 3. The number of rotatable bonds is 3. The molecule has 0 radical (unpaired) electrons. The van der Waals surface area contributed by atoms with Crippen LogP contribution < -0.4 is 10.3 Å². The fourth-order valence-electron chi connectivity index (χ4n) is 1.72. The lowest BCUT2D eigenvalue weighted by Gasteiger charge is -2.13. The van der Waals surface area contributed by atoms with Crippen LogP contribution in [0.25, 0.3) is 11.1 Å². The highest BCUT2D eigenvalue weighted by molar-refractivity contribution is 5.70. The van der Waals surface area contributed by atoms with Crippen molar-refractivity contribution in [3.8, 4) is 16.9 Å². The summed E-state index contributed by atoms with van der Waals surface area (Å²) in [7, 11) is 0. The molecule has 2 aromatic rings. The second-order valence-electron chi connectivity index (χ2n) is 3.95. The Labute approximate surface area is 111 Å². The molecule has 7 heteroatoms. The summed E-state index contributed by atoms with van der Waals surface area (Å²) in [5.41, 5.74) is -0.195. The number of H-pyrrole nitrogens is 1. The number of aromatic nitrogens is 1. The first-order chi connectivity index (χ1) is 9.40. The van der Waals surface area contributed by atoms with E-state index in [1.807, 2.05) is 0 Å². The summed E-state index contributed by atoms with van der Waals surface area (Å²) in [5, 5.41) is 9.02. The third-order valence-electron chi connectivity index (χ3n) is 2.55. The molecule has 2 N–H and O–H groups in total. The Morgan fingerprint density at radius 3 is 2.55 bits per heavy atom. The minimum atomic E-state index is -4.85. The number of pyridine rings is 1. The van der Waals surface area contributed by atoms with Crippen molar-refractivity contribution in [3.63, 3.8) is 0 Å². The van der Waals surface area contributed by atoms with Gasteiger partial charge in [0.25, 0.3) is 5.56 Å². The summed E-state index contributed by atoms with van der Waals surface area (Å²) in [4.78, 5) is 14.1. The summed E-state index contributed by atoms with van der Waals surface area (Å²) in [5.74, 6) is -0.472. The van der Waals surface area contributed by atoms with Gasteiger partial charge in [0, 0.05) is 11.8 Å². The number of para-hydroxylation sites is 1. The molecular formula is C13H10F3NO3. The van der Waals surface area contributed by atoms with Gasteiger partial charge in [0.1, 0.15) is 5.75 Å². The van der Waals surface area contributed by atoms with Crippen LogP contribution in [-0.2, 0) is 6.61 Å². The van der Waals surface area contributed by atoms with E-state index in [0.29, 0.717) is 5.56 Å². The molecule has 20 heavy (non-hydrogen) atoms. The van der Waals surface area contributed by atoms with Crippen molar-refractivity contribution in [1.82, 2.24) is 4.98 Å². The first kappa shape index (κ1) is 14.1. The van der Waals surface area contributed by atoms with Crippen molar-refractivity contribution in [2.24, 2.45) is 0 Å². The fraction of sp³-hybridized carbons (Fsp3) is 0.154. The summed E-state index contributed by atoms with van der Waals surface area (Å²) in [6.45, 7) is -0.341. The molecule has 106 valence electrons. The van der Waals surface area contributed by atoms with E-state index < -0.39 is 17.7 Å². The maximum Gasteiger partial charge on any atom is 0.573 e. The van der Waals surface area contributed by atoms with Crippen LogP contribution in [0.2, 0.25) is 0 Å². The first-order valence-electron chi connectivity index (χ1n) is 5.58. The van der Waals surface area contributed by atoms with E-state index >= 15 is 0 Å². The maximum atomic E-state index is 12.3. The van der Waals surface area contributed by atoms with Crippen LogP contribution in [0.4, 0.5) is 13.2 Å². The zero-order valence-corrected chi connectivity index (χ0v) is 10.1. The van der Waals surface area contributed by atoms with Crippen molar-refractivity contribution in [1.29, 1.82) is 0 Å². The SMILES string of the molecule is O=c1[nH]cc(CO)cc1-c1ccccc1OC(F)(F)F. The molecule has 0 aliphatic rings. The molecule has 0 aliphatic carbocycles. The Kier molecular flexibility index (Phi) is 3.80. The monoisotopic (exact) mass is 285 g/mol. The third-order valence-corrected chi connectivity index (χ3v) is 2.55. The average molecular weight is 285 g/mol. The van der Waals surface area contributed by atoms with Crippen molar-refractivity contribution < 1.29 is 23.0 Å². The minimum absolute atomic E-state index is 0.00127. The van der Waals surface area contributed by atoms with E-state index in [2.05, 4.69) is 9.72 Å². The second kappa shape index (κ2) is 5.38. The van der Waals surface area contributed by atoms with Crippen LogP contribution >= 0.6 is 0 Å². The number of aromatic amines is 1. The lowest BCUT2D eigenvalue weighted by Crippen LogP contribution is -2.18. The van der Waals surface area contributed by atoms with Crippen molar-refractivity contribution in [3.05, 3.63) is 52.4 Å². The lowest BCUT2D eigenvalue weighted by molar-refractivity contribution is -0.274. The van der Waals surface area contributed by atoms with Crippen molar-refractivity contribution in [2.45, 2.75) is 13.0 Å². The van der Waals surface area contributed by atoms with Gasteiger partial charge in [0.05, 0.1) is 12.2 Å². The Morgan fingerprint density at radius 1 is 1.20 bits per heavy atom. The average Bonchev–Trinajstić information content (AvgIpc) is 2.38. The van der Waals surface area contributed by atoms with Crippen molar-refractivity contribution in [2.75, 3.05) is 0 Å². The molecule has 0 saturated carbocycles. The zero-order chi connectivity index (χ0) is 14.8. The number of hydrogen-bond acceptors (Lipinski definition) is 3. The number of ether oxygens (including phenoxy) is 1. The number of halogens is 3. The van der Waals surface area contributed by atoms with Gasteiger partial charge in [-0.05, 0) is 17.7 Å². The zero-order valence-electron chi connectivity index (χ0n) is 10.1. The molecule has 1 heterocycles.